The number of ether oxygens (including phenoxy) is 1. The summed E-state index contributed by atoms with van der Waals surface area (Å²) in [5, 5.41) is 6.76. The van der Waals surface area contributed by atoms with Crippen molar-refractivity contribution in [3.63, 3.8) is 0 Å². The number of hydrogen-bond donors (Lipinski definition) is 2. The molecule has 1 saturated heterocycles. The minimum absolute atomic E-state index is 0.0200. The van der Waals surface area contributed by atoms with Crippen molar-refractivity contribution in [3.8, 4) is 0 Å². The predicted octanol–water partition coefficient (Wildman–Crippen LogP) is 1.77. The van der Waals surface area contributed by atoms with Crippen molar-refractivity contribution in [2.75, 3.05) is 26.2 Å². The molecule has 2 N–H and O–H groups in total. The Bertz CT molecular complexity index is 434. The molecule has 0 aromatic heterocycles. The van der Waals surface area contributed by atoms with Gasteiger partial charge in [0.15, 0.2) is 0 Å². The second-order valence-electron chi connectivity index (χ2n) is 5.00. The summed E-state index contributed by atoms with van der Waals surface area (Å²) in [6.07, 6.45) is 3.20. The number of rotatable bonds is 7. The lowest BCUT2D eigenvalue weighted by Crippen LogP contribution is -2.38. The highest BCUT2D eigenvalue weighted by Gasteiger charge is 2.15. The summed E-state index contributed by atoms with van der Waals surface area (Å²) in [6.45, 7) is 2.54. The van der Waals surface area contributed by atoms with Crippen molar-refractivity contribution in [1.29, 1.82) is 0 Å². The van der Waals surface area contributed by atoms with E-state index in [9.17, 15) is 4.79 Å². The summed E-state index contributed by atoms with van der Waals surface area (Å²) in [6, 6.07) is 7.77. The van der Waals surface area contributed by atoms with Crippen LogP contribution in [-0.2, 0) is 16.0 Å². The number of hydrogen-bond acceptors (Lipinski definition) is 3. The van der Waals surface area contributed by atoms with Crippen LogP contribution in [0.25, 0.3) is 0 Å². The quantitative estimate of drug-likeness (QED) is 0.754. The van der Waals surface area contributed by atoms with Gasteiger partial charge in [-0.1, -0.05) is 23.7 Å². The fraction of sp³-hybridized carbons (Fsp3) is 0.533. The Balaban J connectivity index is 1.55. The molecule has 1 atom stereocenters. The van der Waals surface area contributed by atoms with E-state index in [1.54, 1.807) is 0 Å². The van der Waals surface area contributed by atoms with Crippen molar-refractivity contribution >= 4 is 17.5 Å². The molecule has 0 saturated carbocycles. The van der Waals surface area contributed by atoms with Gasteiger partial charge in [-0.05, 0) is 43.5 Å². The molecule has 20 heavy (non-hydrogen) atoms. The Labute approximate surface area is 124 Å². The molecule has 1 unspecified atom stereocenters. The van der Waals surface area contributed by atoms with Gasteiger partial charge < -0.3 is 15.4 Å². The van der Waals surface area contributed by atoms with Gasteiger partial charge in [0.05, 0.1) is 12.6 Å². The number of halogens is 1. The van der Waals surface area contributed by atoms with Crippen LogP contribution >= 0.6 is 11.6 Å². The minimum Gasteiger partial charge on any atom is -0.376 e. The molecule has 110 valence electrons. The topological polar surface area (TPSA) is 50.4 Å². The van der Waals surface area contributed by atoms with E-state index in [1.165, 1.54) is 5.56 Å². The highest BCUT2D eigenvalue weighted by Crippen LogP contribution is 2.11. The highest BCUT2D eigenvalue weighted by molar-refractivity contribution is 6.30. The third-order valence-corrected chi connectivity index (χ3v) is 3.55. The van der Waals surface area contributed by atoms with Gasteiger partial charge in [0.25, 0.3) is 0 Å². The molecule has 5 heteroatoms. The van der Waals surface area contributed by atoms with Crippen molar-refractivity contribution in [3.05, 3.63) is 34.9 Å². The first-order chi connectivity index (χ1) is 9.74. The van der Waals surface area contributed by atoms with Crippen LogP contribution in [0.15, 0.2) is 24.3 Å². The van der Waals surface area contributed by atoms with Gasteiger partial charge in [0.1, 0.15) is 0 Å². The second-order valence-corrected chi connectivity index (χ2v) is 5.43. The maximum Gasteiger partial charge on any atom is 0.234 e. The fourth-order valence-corrected chi connectivity index (χ4v) is 2.44. The maximum atomic E-state index is 11.6. The van der Waals surface area contributed by atoms with Gasteiger partial charge in [-0.2, -0.15) is 0 Å². The summed E-state index contributed by atoms with van der Waals surface area (Å²) in [5.74, 6) is 0.0200. The highest BCUT2D eigenvalue weighted by atomic mass is 35.5. The SMILES string of the molecule is O=C(CNCCc1cccc(Cl)c1)NCC1CCCO1. The lowest BCUT2D eigenvalue weighted by molar-refractivity contribution is -0.120. The van der Waals surface area contributed by atoms with E-state index >= 15 is 0 Å². The van der Waals surface area contributed by atoms with Crippen LogP contribution < -0.4 is 10.6 Å². The fourth-order valence-electron chi connectivity index (χ4n) is 2.22. The number of benzene rings is 1. The van der Waals surface area contributed by atoms with E-state index in [0.717, 1.165) is 37.4 Å². The molecular formula is C15H21ClN2O2. The van der Waals surface area contributed by atoms with Crippen molar-refractivity contribution in [2.45, 2.75) is 25.4 Å². The van der Waals surface area contributed by atoms with Crippen LogP contribution in [0.1, 0.15) is 18.4 Å². The molecule has 0 radical (unpaired) electrons. The van der Waals surface area contributed by atoms with Crippen LogP contribution in [0.4, 0.5) is 0 Å². The molecule has 0 bridgehead atoms. The first kappa shape index (κ1) is 15.3. The van der Waals surface area contributed by atoms with Gasteiger partial charge in [0.2, 0.25) is 5.91 Å². The standard InChI is InChI=1S/C15H21ClN2O2/c16-13-4-1-3-12(9-13)6-7-17-11-15(19)18-10-14-5-2-8-20-14/h1,3-4,9,14,17H,2,5-8,10-11H2,(H,18,19). The minimum atomic E-state index is 0.0200. The summed E-state index contributed by atoms with van der Waals surface area (Å²) in [7, 11) is 0. The monoisotopic (exact) mass is 296 g/mol. The Hall–Kier alpha value is -1.10. The smallest absolute Gasteiger partial charge is 0.234 e. The molecule has 1 fully saturated rings. The molecule has 1 aliphatic rings. The summed E-state index contributed by atoms with van der Waals surface area (Å²) < 4.78 is 5.45. The van der Waals surface area contributed by atoms with Gasteiger partial charge >= 0.3 is 0 Å². The third kappa shape index (κ3) is 5.49. The molecule has 1 amide bonds. The lowest BCUT2D eigenvalue weighted by atomic mass is 10.1. The van der Waals surface area contributed by atoms with Crippen LogP contribution in [0.5, 0.6) is 0 Å². The first-order valence-electron chi connectivity index (χ1n) is 7.07. The van der Waals surface area contributed by atoms with E-state index in [4.69, 9.17) is 16.3 Å². The van der Waals surface area contributed by atoms with Crippen LogP contribution in [-0.4, -0.2) is 38.3 Å². The van der Waals surface area contributed by atoms with E-state index in [2.05, 4.69) is 10.6 Å². The molecule has 1 heterocycles. The maximum absolute atomic E-state index is 11.6. The van der Waals surface area contributed by atoms with Gasteiger partial charge in [-0.25, -0.2) is 0 Å². The zero-order valence-corrected chi connectivity index (χ0v) is 12.3. The Morgan fingerprint density at radius 1 is 1.45 bits per heavy atom. The predicted molar refractivity (Wildman–Crippen MR) is 80.0 cm³/mol. The van der Waals surface area contributed by atoms with E-state index in [-0.39, 0.29) is 12.0 Å². The molecule has 1 aromatic carbocycles. The molecule has 1 aromatic rings. The van der Waals surface area contributed by atoms with E-state index < -0.39 is 0 Å². The molecule has 0 aliphatic carbocycles. The summed E-state index contributed by atoms with van der Waals surface area (Å²) in [5.41, 5.74) is 1.17. The average molecular weight is 297 g/mol. The Morgan fingerprint density at radius 3 is 3.10 bits per heavy atom. The largest absolute Gasteiger partial charge is 0.376 e. The van der Waals surface area contributed by atoms with Gasteiger partial charge in [-0.3, -0.25) is 4.79 Å². The first-order valence-corrected chi connectivity index (χ1v) is 7.45. The van der Waals surface area contributed by atoms with Crippen LogP contribution in [0, 0.1) is 0 Å². The molecule has 2 rings (SSSR count). The zero-order valence-electron chi connectivity index (χ0n) is 11.5. The molecule has 1 aliphatic heterocycles. The second kappa shape index (κ2) is 8.25. The van der Waals surface area contributed by atoms with Gasteiger partial charge in [0, 0.05) is 18.2 Å². The number of carbonyl (C=O) groups is 1. The van der Waals surface area contributed by atoms with Crippen molar-refractivity contribution in [1.82, 2.24) is 10.6 Å². The number of carbonyl (C=O) groups excluding carboxylic acids is 1. The Kier molecular flexibility index (Phi) is 6.30. The number of nitrogens with one attached hydrogen (secondary N) is 2. The van der Waals surface area contributed by atoms with Crippen LogP contribution in [0.2, 0.25) is 5.02 Å². The molecular weight excluding hydrogens is 276 g/mol. The average Bonchev–Trinajstić information content (AvgIpc) is 2.95. The van der Waals surface area contributed by atoms with Crippen molar-refractivity contribution < 1.29 is 9.53 Å². The zero-order chi connectivity index (χ0) is 14.2. The van der Waals surface area contributed by atoms with E-state index in [0.29, 0.717) is 13.1 Å². The number of amides is 1. The van der Waals surface area contributed by atoms with Crippen LogP contribution in [0.3, 0.4) is 0 Å². The molecule has 4 nitrogen and oxygen atoms in total. The summed E-state index contributed by atoms with van der Waals surface area (Å²) >= 11 is 5.92. The lowest BCUT2D eigenvalue weighted by Gasteiger charge is -2.11. The van der Waals surface area contributed by atoms with Gasteiger partial charge in [-0.15, -0.1) is 0 Å². The van der Waals surface area contributed by atoms with E-state index in [1.807, 2.05) is 24.3 Å². The Morgan fingerprint density at radius 2 is 2.35 bits per heavy atom. The van der Waals surface area contributed by atoms with Crippen molar-refractivity contribution in [2.24, 2.45) is 0 Å². The summed E-state index contributed by atoms with van der Waals surface area (Å²) in [4.78, 5) is 11.6. The normalized spacial score (nSPS) is 18.1. The molecule has 0 spiro atoms. The third-order valence-electron chi connectivity index (χ3n) is 3.32.